The summed E-state index contributed by atoms with van der Waals surface area (Å²) in [5, 5.41) is 16.6. The molecule has 1 N–H and O–H groups in total. The number of hydrogen-bond donors (Lipinski definition) is 1. The van der Waals surface area contributed by atoms with Gasteiger partial charge in [0.25, 0.3) is 0 Å². The Morgan fingerprint density at radius 1 is 1.47 bits per heavy atom. The van der Waals surface area contributed by atoms with Gasteiger partial charge in [-0.3, -0.25) is 0 Å². The first kappa shape index (κ1) is 13.1. The van der Waals surface area contributed by atoms with Crippen LogP contribution < -0.4 is 4.74 Å². The first-order chi connectivity index (χ1) is 9.15. The summed E-state index contributed by atoms with van der Waals surface area (Å²) in [6, 6.07) is 7.56. The van der Waals surface area contributed by atoms with Crippen molar-refractivity contribution in [3.05, 3.63) is 41.2 Å². The zero-order chi connectivity index (χ0) is 13.8. The van der Waals surface area contributed by atoms with Gasteiger partial charge >= 0.3 is 5.97 Å². The summed E-state index contributed by atoms with van der Waals surface area (Å²) in [5.74, 6) is -0.289. The molecule has 0 fully saturated rings. The third-order valence-corrected chi connectivity index (χ3v) is 2.84. The second-order valence-corrected chi connectivity index (χ2v) is 4.05. The molecule has 6 heteroatoms. The molecule has 1 aromatic heterocycles. The van der Waals surface area contributed by atoms with Crippen LogP contribution in [0.4, 0.5) is 0 Å². The molecule has 0 aliphatic heterocycles. The Balaban J connectivity index is 2.30. The predicted octanol–water partition coefficient (Wildman–Crippen LogP) is 1.60. The van der Waals surface area contributed by atoms with Crippen LogP contribution in [0.25, 0.3) is 0 Å². The lowest BCUT2D eigenvalue weighted by molar-refractivity contribution is 0.0689. The van der Waals surface area contributed by atoms with E-state index in [-0.39, 0.29) is 5.69 Å². The quantitative estimate of drug-likeness (QED) is 0.884. The van der Waals surface area contributed by atoms with Gasteiger partial charge in [0.05, 0.1) is 19.3 Å². The number of carboxylic acid groups (broad SMARTS) is 1. The zero-order valence-electron chi connectivity index (χ0n) is 10.8. The van der Waals surface area contributed by atoms with Gasteiger partial charge in [0.15, 0.2) is 5.69 Å². The third kappa shape index (κ3) is 2.73. The molecule has 100 valence electrons. The van der Waals surface area contributed by atoms with Gasteiger partial charge in [0, 0.05) is 0 Å². The standard InChI is InChI=1S/C13H15N3O3/c1-3-11-12(13(17)18)14-15-16(11)8-9-5-4-6-10(7-9)19-2/h4-7H,3,8H2,1-2H3,(H,17,18). The lowest BCUT2D eigenvalue weighted by atomic mass is 10.2. The number of rotatable bonds is 5. The van der Waals surface area contributed by atoms with E-state index >= 15 is 0 Å². The molecule has 0 aliphatic carbocycles. The predicted molar refractivity (Wildman–Crippen MR) is 68.5 cm³/mol. The molecule has 0 bridgehead atoms. The maximum atomic E-state index is 11.0. The summed E-state index contributed by atoms with van der Waals surface area (Å²) < 4.78 is 6.76. The van der Waals surface area contributed by atoms with Gasteiger partial charge in [-0.05, 0) is 24.1 Å². The third-order valence-electron chi connectivity index (χ3n) is 2.84. The van der Waals surface area contributed by atoms with Crippen LogP contribution in [0.1, 0.15) is 28.7 Å². The van der Waals surface area contributed by atoms with Crippen molar-refractivity contribution in [3.63, 3.8) is 0 Å². The Kier molecular flexibility index (Phi) is 3.79. The van der Waals surface area contributed by atoms with Crippen molar-refractivity contribution in [1.82, 2.24) is 15.0 Å². The van der Waals surface area contributed by atoms with E-state index in [1.807, 2.05) is 31.2 Å². The largest absolute Gasteiger partial charge is 0.497 e. The number of benzene rings is 1. The highest BCUT2D eigenvalue weighted by atomic mass is 16.5. The lowest BCUT2D eigenvalue weighted by Gasteiger charge is -2.07. The Hall–Kier alpha value is -2.37. The molecule has 1 aromatic carbocycles. The van der Waals surface area contributed by atoms with Gasteiger partial charge in [0.2, 0.25) is 0 Å². The van der Waals surface area contributed by atoms with Crippen LogP contribution in [-0.4, -0.2) is 33.2 Å². The van der Waals surface area contributed by atoms with Crippen LogP contribution in [0, 0.1) is 0 Å². The number of hydrogen-bond acceptors (Lipinski definition) is 4. The van der Waals surface area contributed by atoms with Crippen LogP contribution in [-0.2, 0) is 13.0 Å². The lowest BCUT2D eigenvalue weighted by Crippen LogP contribution is -2.08. The summed E-state index contributed by atoms with van der Waals surface area (Å²) >= 11 is 0. The van der Waals surface area contributed by atoms with Crippen molar-refractivity contribution in [2.45, 2.75) is 19.9 Å². The minimum atomic E-state index is -1.05. The van der Waals surface area contributed by atoms with Crippen molar-refractivity contribution in [2.75, 3.05) is 7.11 Å². The van der Waals surface area contributed by atoms with E-state index in [1.165, 1.54) is 0 Å². The maximum absolute atomic E-state index is 11.0. The molecule has 0 radical (unpaired) electrons. The fourth-order valence-electron chi connectivity index (χ4n) is 1.92. The molecule has 0 aliphatic rings. The minimum Gasteiger partial charge on any atom is -0.497 e. The SMILES string of the molecule is CCc1c(C(=O)O)nnn1Cc1cccc(OC)c1. The average molecular weight is 261 g/mol. The summed E-state index contributed by atoms with van der Waals surface area (Å²) in [5.41, 5.74) is 1.62. The van der Waals surface area contributed by atoms with Gasteiger partial charge in [-0.2, -0.15) is 0 Å². The van der Waals surface area contributed by atoms with Crippen LogP contribution in [0.15, 0.2) is 24.3 Å². The number of nitrogens with zero attached hydrogens (tertiary/aromatic N) is 3. The Morgan fingerprint density at radius 3 is 2.89 bits per heavy atom. The summed E-state index contributed by atoms with van der Waals surface area (Å²) in [6.45, 7) is 2.36. The van der Waals surface area contributed by atoms with Gasteiger partial charge in [-0.1, -0.05) is 24.3 Å². The molecule has 0 amide bonds. The van der Waals surface area contributed by atoms with Crippen molar-refractivity contribution in [1.29, 1.82) is 0 Å². The van der Waals surface area contributed by atoms with Gasteiger partial charge in [-0.15, -0.1) is 5.10 Å². The second kappa shape index (κ2) is 5.51. The van der Waals surface area contributed by atoms with Crippen molar-refractivity contribution >= 4 is 5.97 Å². The van der Waals surface area contributed by atoms with E-state index in [2.05, 4.69) is 10.3 Å². The van der Waals surface area contributed by atoms with Crippen LogP contribution in [0.3, 0.4) is 0 Å². The molecule has 0 unspecified atom stereocenters. The molecular formula is C13H15N3O3. The van der Waals surface area contributed by atoms with Gasteiger partial charge in [-0.25, -0.2) is 9.48 Å². The fourth-order valence-corrected chi connectivity index (χ4v) is 1.92. The number of aromatic carboxylic acids is 1. The second-order valence-electron chi connectivity index (χ2n) is 4.05. The van der Waals surface area contributed by atoms with E-state index in [1.54, 1.807) is 11.8 Å². The Morgan fingerprint density at radius 2 is 2.26 bits per heavy atom. The molecule has 0 saturated heterocycles. The van der Waals surface area contributed by atoms with Crippen LogP contribution in [0.5, 0.6) is 5.75 Å². The van der Waals surface area contributed by atoms with Crippen molar-refractivity contribution in [3.8, 4) is 5.75 Å². The molecule has 6 nitrogen and oxygen atoms in total. The number of aromatic nitrogens is 3. The molecular weight excluding hydrogens is 246 g/mol. The highest BCUT2D eigenvalue weighted by Gasteiger charge is 2.17. The number of carbonyl (C=O) groups is 1. The minimum absolute atomic E-state index is 0.0189. The molecule has 0 atom stereocenters. The molecule has 1 heterocycles. The highest BCUT2D eigenvalue weighted by Crippen LogP contribution is 2.15. The van der Waals surface area contributed by atoms with Crippen LogP contribution in [0.2, 0.25) is 0 Å². The topological polar surface area (TPSA) is 77.2 Å². The summed E-state index contributed by atoms with van der Waals surface area (Å²) in [4.78, 5) is 11.0. The summed E-state index contributed by atoms with van der Waals surface area (Å²) in [6.07, 6.45) is 0.568. The Labute approximate surface area is 110 Å². The molecule has 0 spiro atoms. The van der Waals surface area contributed by atoms with E-state index < -0.39 is 5.97 Å². The van der Waals surface area contributed by atoms with E-state index in [0.717, 1.165) is 11.3 Å². The Bertz CT molecular complexity index is 593. The fraction of sp³-hybridized carbons (Fsp3) is 0.308. The first-order valence-corrected chi connectivity index (χ1v) is 5.94. The van der Waals surface area contributed by atoms with Crippen molar-refractivity contribution in [2.24, 2.45) is 0 Å². The number of ether oxygens (including phenoxy) is 1. The normalized spacial score (nSPS) is 10.4. The van der Waals surface area contributed by atoms with Crippen LogP contribution >= 0.6 is 0 Å². The molecule has 2 rings (SSSR count). The zero-order valence-corrected chi connectivity index (χ0v) is 10.8. The summed E-state index contributed by atoms with van der Waals surface area (Å²) in [7, 11) is 1.61. The average Bonchev–Trinajstić information content (AvgIpc) is 2.82. The molecule has 2 aromatic rings. The molecule has 0 saturated carbocycles. The van der Waals surface area contributed by atoms with Gasteiger partial charge < -0.3 is 9.84 Å². The van der Waals surface area contributed by atoms with E-state index in [4.69, 9.17) is 9.84 Å². The first-order valence-electron chi connectivity index (χ1n) is 5.94. The molecule has 19 heavy (non-hydrogen) atoms. The highest BCUT2D eigenvalue weighted by molar-refractivity contribution is 5.86. The van der Waals surface area contributed by atoms with Gasteiger partial charge in [0.1, 0.15) is 5.75 Å². The van der Waals surface area contributed by atoms with E-state index in [9.17, 15) is 4.79 Å². The monoisotopic (exact) mass is 261 g/mol. The van der Waals surface area contributed by atoms with Crippen molar-refractivity contribution < 1.29 is 14.6 Å². The van der Waals surface area contributed by atoms with E-state index in [0.29, 0.717) is 18.7 Å². The number of carboxylic acids is 1. The smallest absolute Gasteiger partial charge is 0.358 e. The number of methoxy groups -OCH3 is 1. The maximum Gasteiger partial charge on any atom is 0.358 e.